The van der Waals surface area contributed by atoms with E-state index in [0.717, 1.165) is 19.3 Å². The molecule has 0 N–H and O–H groups in total. The van der Waals surface area contributed by atoms with E-state index in [1.165, 1.54) is 12.0 Å². The molecule has 1 fully saturated rings. The lowest BCUT2D eigenvalue weighted by molar-refractivity contribution is -0.122. The highest BCUT2D eigenvalue weighted by Gasteiger charge is 2.31. The van der Waals surface area contributed by atoms with Gasteiger partial charge >= 0.3 is 0 Å². The van der Waals surface area contributed by atoms with E-state index in [1.54, 1.807) is 0 Å². The second-order valence-electron chi connectivity index (χ2n) is 4.10. The SMILES string of the molecule is C/C=C(\C)C1(C)CCCC(=O)C1. The second kappa shape index (κ2) is 3.42. The highest BCUT2D eigenvalue weighted by molar-refractivity contribution is 5.80. The lowest BCUT2D eigenvalue weighted by atomic mass is 9.70. The number of carbonyl (C=O) groups is 1. The first kappa shape index (κ1) is 9.50. The summed E-state index contributed by atoms with van der Waals surface area (Å²) in [7, 11) is 0. The second-order valence-corrected chi connectivity index (χ2v) is 4.10. The fourth-order valence-corrected chi connectivity index (χ4v) is 1.97. The molecular weight excluding hydrogens is 148 g/mol. The normalized spacial score (nSPS) is 32.2. The zero-order valence-electron chi connectivity index (χ0n) is 8.31. The van der Waals surface area contributed by atoms with Crippen molar-refractivity contribution in [3.8, 4) is 0 Å². The van der Waals surface area contributed by atoms with Crippen molar-refractivity contribution in [2.24, 2.45) is 5.41 Å². The van der Waals surface area contributed by atoms with Gasteiger partial charge in [-0.1, -0.05) is 18.6 Å². The van der Waals surface area contributed by atoms with E-state index in [1.807, 2.05) is 0 Å². The number of hydrogen-bond acceptors (Lipinski definition) is 1. The predicted molar refractivity (Wildman–Crippen MR) is 51.0 cm³/mol. The highest BCUT2D eigenvalue weighted by atomic mass is 16.1. The third kappa shape index (κ3) is 1.77. The minimum Gasteiger partial charge on any atom is -0.300 e. The summed E-state index contributed by atoms with van der Waals surface area (Å²) in [6.07, 6.45) is 5.93. The predicted octanol–water partition coefficient (Wildman–Crippen LogP) is 3.10. The Morgan fingerprint density at radius 2 is 2.25 bits per heavy atom. The number of Topliss-reactive ketones (excluding diaryl/α,β-unsaturated/α-hetero) is 1. The number of carbonyl (C=O) groups excluding carboxylic acids is 1. The van der Waals surface area contributed by atoms with Gasteiger partial charge in [0.15, 0.2) is 0 Å². The van der Waals surface area contributed by atoms with Gasteiger partial charge in [0.25, 0.3) is 0 Å². The average molecular weight is 166 g/mol. The third-order valence-electron chi connectivity index (χ3n) is 3.16. The summed E-state index contributed by atoms with van der Waals surface area (Å²) in [5, 5.41) is 0. The summed E-state index contributed by atoms with van der Waals surface area (Å²) in [6.45, 7) is 6.40. The van der Waals surface area contributed by atoms with E-state index >= 15 is 0 Å². The van der Waals surface area contributed by atoms with Crippen molar-refractivity contribution in [1.29, 1.82) is 0 Å². The molecule has 0 aromatic heterocycles. The van der Waals surface area contributed by atoms with Crippen LogP contribution in [0.5, 0.6) is 0 Å². The van der Waals surface area contributed by atoms with E-state index in [-0.39, 0.29) is 5.41 Å². The molecule has 1 atom stereocenters. The van der Waals surface area contributed by atoms with Gasteiger partial charge in [-0.05, 0) is 32.1 Å². The molecule has 0 aliphatic heterocycles. The summed E-state index contributed by atoms with van der Waals surface area (Å²) >= 11 is 0. The van der Waals surface area contributed by atoms with E-state index in [2.05, 4.69) is 26.8 Å². The molecule has 0 aromatic carbocycles. The molecular formula is C11H18O. The Hall–Kier alpha value is -0.590. The fraction of sp³-hybridized carbons (Fsp3) is 0.727. The van der Waals surface area contributed by atoms with E-state index < -0.39 is 0 Å². The van der Waals surface area contributed by atoms with Crippen molar-refractivity contribution in [3.05, 3.63) is 11.6 Å². The van der Waals surface area contributed by atoms with Crippen LogP contribution in [0.1, 0.15) is 46.5 Å². The molecule has 12 heavy (non-hydrogen) atoms. The molecule has 1 heteroatoms. The average Bonchev–Trinajstić information content (AvgIpc) is 2.02. The Bertz CT molecular complexity index is 215. The summed E-state index contributed by atoms with van der Waals surface area (Å²) in [5.74, 6) is 0.435. The number of hydrogen-bond donors (Lipinski definition) is 0. The van der Waals surface area contributed by atoms with Crippen LogP contribution in [0.15, 0.2) is 11.6 Å². The Morgan fingerprint density at radius 3 is 2.75 bits per heavy atom. The minimum absolute atomic E-state index is 0.171. The van der Waals surface area contributed by atoms with Crippen LogP contribution in [-0.2, 0) is 4.79 Å². The van der Waals surface area contributed by atoms with Gasteiger partial charge in [0.05, 0.1) is 0 Å². The third-order valence-corrected chi connectivity index (χ3v) is 3.16. The van der Waals surface area contributed by atoms with Crippen molar-refractivity contribution in [3.63, 3.8) is 0 Å². The van der Waals surface area contributed by atoms with Crippen LogP contribution in [-0.4, -0.2) is 5.78 Å². The minimum atomic E-state index is 0.171. The molecule has 1 saturated carbocycles. The summed E-state index contributed by atoms with van der Waals surface area (Å²) in [5.41, 5.74) is 1.54. The highest BCUT2D eigenvalue weighted by Crippen LogP contribution is 2.40. The van der Waals surface area contributed by atoms with E-state index in [4.69, 9.17) is 0 Å². The first-order chi connectivity index (χ1) is 5.58. The smallest absolute Gasteiger partial charge is 0.133 e. The lowest BCUT2D eigenvalue weighted by Gasteiger charge is -2.33. The van der Waals surface area contributed by atoms with Crippen molar-refractivity contribution in [1.82, 2.24) is 0 Å². The number of allylic oxidation sites excluding steroid dienone is 2. The van der Waals surface area contributed by atoms with Crippen molar-refractivity contribution in [2.45, 2.75) is 46.5 Å². The van der Waals surface area contributed by atoms with Gasteiger partial charge in [-0.25, -0.2) is 0 Å². The van der Waals surface area contributed by atoms with Crippen LogP contribution in [0, 0.1) is 5.41 Å². The molecule has 0 spiro atoms. The molecule has 1 aliphatic carbocycles. The van der Waals surface area contributed by atoms with Gasteiger partial charge in [0, 0.05) is 12.8 Å². The molecule has 0 aromatic rings. The standard InChI is InChI=1S/C11H18O/c1-4-9(2)11(3)7-5-6-10(12)8-11/h4H,5-8H2,1-3H3/b9-4+. The maximum Gasteiger partial charge on any atom is 0.133 e. The fourth-order valence-electron chi connectivity index (χ4n) is 1.97. The van der Waals surface area contributed by atoms with Gasteiger partial charge in [0.2, 0.25) is 0 Å². The molecule has 1 nitrogen and oxygen atoms in total. The molecule has 68 valence electrons. The number of ketones is 1. The maximum absolute atomic E-state index is 11.3. The Morgan fingerprint density at radius 1 is 1.58 bits per heavy atom. The molecule has 1 aliphatic rings. The van der Waals surface area contributed by atoms with Crippen LogP contribution in [0.3, 0.4) is 0 Å². The van der Waals surface area contributed by atoms with Crippen molar-refractivity contribution < 1.29 is 4.79 Å². The van der Waals surface area contributed by atoms with Crippen LogP contribution in [0.2, 0.25) is 0 Å². The van der Waals surface area contributed by atoms with Gasteiger partial charge in [-0.15, -0.1) is 0 Å². The van der Waals surface area contributed by atoms with Gasteiger partial charge in [0.1, 0.15) is 5.78 Å². The van der Waals surface area contributed by atoms with E-state index in [0.29, 0.717) is 5.78 Å². The summed E-state index contributed by atoms with van der Waals surface area (Å²) in [4.78, 5) is 11.3. The maximum atomic E-state index is 11.3. The van der Waals surface area contributed by atoms with Crippen LogP contribution in [0.4, 0.5) is 0 Å². The van der Waals surface area contributed by atoms with E-state index in [9.17, 15) is 4.79 Å². The molecule has 1 unspecified atom stereocenters. The largest absolute Gasteiger partial charge is 0.300 e. The molecule has 0 bridgehead atoms. The summed E-state index contributed by atoms with van der Waals surface area (Å²) in [6, 6.07) is 0. The van der Waals surface area contributed by atoms with Crippen LogP contribution in [0.25, 0.3) is 0 Å². The topological polar surface area (TPSA) is 17.1 Å². The monoisotopic (exact) mass is 166 g/mol. The zero-order chi connectivity index (χ0) is 9.19. The van der Waals surface area contributed by atoms with Crippen LogP contribution < -0.4 is 0 Å². The molecule has 0 heterocycles. The van der Waals surface area contributed by atoms with Gasteiger partial charge < -0.3 is 0 Å². The van der Waals surface area contributed by atoms with Crippen LogP contribution >= 0.6 is 0 Å². The van der Waals surface area contributed by atoms with Crippen molar-refractivity contribution in [2.75, 3.05) is 0 Å². The first-order valence-electron chi connectivity index (χ1n) is 4.73. The molecule has 0 amide bonds. The Balaban J connectivity index is 2.76. The summed E-state index contributed by atoms with van der Waals surface area (Å²) < 4.78 is 0. The first-order valence-corrected chi connectivity index (χ1v) is 4.73. The number of rotatable bonds is 1. The Kier molecular flexibility index (Phi) is 2.71. The van der Waals surface area contributed by atoms with Gasteiger partial charge in [-0.3, -0.25) is 4.79 Å². The van der Waals surface area contributed by atoms with Crippen molar-refractivity contribution >= 4 is 5.78 Å². The quantitative estimate of drug-likeness (QED) is 0.547. The molecule has 1 rings (SSSR count). The molecule has 0 radical (unpaired) electrons. The lowest BCUT2D eigenvalue weighted by Crippen LogP contribution is -2.26. The Labute approximate surface area is 74.9 Å². The van der Waals surface area contributed by atoms with Gasteiger partial charge in [-0.2, -0.15) is 0 Å². The molecule has 0 saturated heterocycles. The zero-order valence-corrected chi connectivity index (χ0v) is 8.31.